The zero-order valence-corrected chi connectivity index (χ0v) is 14.9. The SMILES string of the molecule is CCCCC/C=C/C[N+](C(C)C(=O)O)(C(C)C(=O)O)C(C)C(=O)O. The third kappa shape index (κ3) is 5.33. The third-order valence-corrected chi connectivity index (χ3v) is 4.80. The topological polar surface area (TPSA) is 112 Å². The molecule has 3 N–H and O–H groups in total. The highest BCUT2D eigenvalue weighted by atomic mass is 16.4. The summed E-state index contributed by atoms with van der Waals surface area (Å²) < 4.78 is -0.565. The quantitative estimate of drug-likeness (QED) is 0.285. The van der Waals surface area contributed by atoms with Crippen molar-refractivity contribution in [3.05, 3.63) is 12.2 Å². The molecule has 0 saturated heterocycles. The van der Waals surface area contributed by atoms with Crippen molar-refractivity contribution in [1.29, 1.82) is 0 Å². The zero-order chi connectivity index (χ0) is 18.9. The fourth-order valence-corrected chi connectivity index (χ4v) is 2.98. The summed E-state index contributed by atoms with van der Waals surface area (Å²) in [6.07, 6.45) is 7.54. The number of hydrogen-bond donors (Lipinski definition) is 3. The maximum Gasteiger partial charge on any atom is 0.362 e. The molecule has 0 saturated carbocycles. The predicted octanol–water partition coefficient (Wildman–Crippen LogP) is 2.36. The molecule has 7 heteroatoms. The molecular formula is C17H30NO6+. The number of quaternary nitrogens is 1. The summed E-state index contributed by atoms with van der Waals surface area (Å²) in [5, 5.41) is 28.3. The van der Waals surface area contributed by atoms with Crippen LogP contribution in [0.15, 0.2) is 12.2 Å². The first kappa shape index (κ1) is 22.1. The molecule has 0 bridgehead atoms. The van der Waals surface area contributed by atoms with E-state index in [4.69, 9.17) is 0 Å². The van der Waals surface area contributed by atoms with E-state index in [1.807, 2.05) is 6.08 Å². The van der Waals surface area contributed by atoms with Gasteiger partial charge in [0.2, 0.25) is 0 Å². The van der Waals surface area contributed by atoms with E-state index >= 15 is 0 Å². The highest BCUT2D eigenvalue weighted by Gasteiger charge is 2.52. The van der Waals surface area contributed by atoms with E-state index in [0.29, 0.717) is 0 Å². The van der Waals surface area contributed by atoms with Crippen LogP contribution in [0.5, 0.6) is 0 Å². The van der Waals surface area contributed by atoms with Crippen LogP contribution in [0.25, 0.3) is 0 Å². The molecule has 0 heterocycles. The first-order valence-corrected chi connectivity index (χ1v) is 8.33. The molecule has 3 unspecified atom stereocenters. The minimum atomic E-state index is -1.21. The Morgan fingerprint density at radius 1 is 0.833 bits per heavy atom. The van der Waals surface area contributed by atoms with Crippen molar-refractivity contribution in [3.63, 3.8) is 0 Å². The predicted molar refractivity (Wildman–Crippen MR) is 89.7 cm³/mol. The zero-order valence-electron chi connectivity index (χ0n) is 14.9. The van der Waals surface area contributed by atoms with E-state index in [2.05, 4.69) is 6.92 Å². The summed E-state index contributed by atoms with van der Waals surface area (Å²) in [6.45, 7) is 6.23. The molecule has 0 radical (unpaired) electrons. The van der Waals surface area contributed by atoms with Crippen LogP contribution in [0.2, 0.25) is 0 Å². The van der Waals surface area contributed by atoms with Crippen molar-refractivity contribution in [2.45, 2.75) is 71.5 Å². The monoisotopic (exact) mass is 344 g/mol. The number of carbonyl (C=O) groups is 3. The molecule has 0 rings (SSSR count). The minimum absolute atomic E-state index is 0.0422. The molecule has 138 valence electrons. The highest BCUT2D eigenvalue weighted by Crippen LogP contribution is 2.26. The number of rotatable bonds is 12. The van der Waals surface area contributed by atoms with Gasteiger partial charge in [0, 0.05) is 0 Å². The van der Waals surface area contributed by atoms with Crippen molar-refractivity contribution < 1.29 is 34.2 Å². The number of hydrogen-bond acceptors (Lipinski definition) is 3. The Kier molecular flexibility index (Phi) is 9.28. The van der Waals surface area contributed by atoms with Crippen molar-refractivity contribution in [1.82, 2.24) is 0 Å². The Hall–Kier alpha value is -1.89. The highest BCUT2D eigenvalue weighted by molar-refractivity contribution is 5.77. The molecule has 24 heavy (non-hydrogen) atoms. The number of allylic oxidation sites excluding steroid dienone is 1. The number of carboxylic acid groups (broad SMARTS) is 3. The molecule has 0 aliphatic carbocycles. The fourth-order valence-electron chi connectivity index (χ4n) is 2.98. The maximum absolute atomic E-state index is 11.5. The van der Waals surface area contributed by atoms with Gasteiger partial charge in [0.15, 0.2) is 18.1 Å². The molecular weight excluding hydrogens is 314 g/mol. The lowest BCUT2D eigenvalue weighted by molar-refractivity contribution is -0.962. The van der Waals surface area contributed by atoms with E-state index in [1.54, 1.807) is 6.08 Å². The van der Waals surface area contributed by atoms with Crippen molar-refractivity contribution in [2.24, 2.45) is 0 Å². The maximum atomic E-state index is 11.5. The summed E-state index contributed by atoms with van der Waals surface area (Å²) in [4.78, 5) is 34.6. The molecule has 0 amide bonds. The van der Waals surface area contributed by atoms with Crippen LogP contribution in [0, 0.1) is 0 Å². The second-order valence-corrected chi connectivity index (χ2v) is 6.19. The average Bonchev–Trinajstić information content (AvgIpc) is 2.52. The van der Waals surface area contributed by atoms with Gasteiger partial charge in [-0.25, -0.2) is 14.4 Å². The molecule has 0 aromatic carbocycles. The molecule has 0 spiro atoms. The number of nitrogens with zero attached hydrogens (tertiary/aromatic N) is 1. The summed E-state index contributed by atoms with van der Waals surface area (Å²) in [5.74, 6) is -3.64. The van der Waals surface area contributed by atoms with E-state index in [-0.39, 0.29) is 6.54 Å². The molecule has 0 fully saturated rings. The van der Waals surface area contributed by atoms with Crippen LogP contribution in [-0.2, 0) is 14.4 Å². The van der Waals surface area contributed by atoms with Crippen LogP contribution in [0.3, 0.4) is 0 Å². The Balaban J connectivity index is 5.69. The fraction of sp³-hybridized carbons (Fsp3) is 0.706. The largest absolute Gasteiger partial charge is 0.477 e. The summed E-state index contributed by atoms with van der Waals surface area (Å²) in [7, 11) is 0. The third-order valence-electron chi connectivity index (χ3n) is 4.80. The lowest BCUT2D eigenvalue weighted by Gasteiger charge is -2.46. The van der Waals surface area contributed by atoms with Gasteiger partial charge in [-0.1, -0.05) is 25.8 Å². The second kappa shape index (κ2) is 10.1. The van der Waals surface area contributed by atoms with Gasteiger partial charge < -0.3 is 15.3 Å². The number of aliphatic carboxylic acids is 3. The molecule has 0 aliphatic rings. The van der Waals surface area contributed by atoms with Crippen LogP contribution in [0.4, 0.5) is 0 Å². The number of carboxylic acids is 3. The van der Waals surface area contributed by atoms with Crippen LogP contribution < -0.4 is 0 Å². The molecule has 0 aromatic heterocycles. The van der Waals surface area contributed by atoms with Crippen molar-refractivity contribution in [2.75, 3.05) is 6.54 Å². The van der Waals surface area contributed by atoms with E-state index < -0.39 is 40.5 Å². The Bertz CT molecular complexity index is 423. The molecule has 0 aliphatic heterocycles. The van der Waals surface area contributed by atoms with Crippen molar-refractivity contribution >= 4 is 17.9 Å². The van der Waals surface area contributed by atoms with Crippen molar-refractivity contribution in [3.8, 4) is 0 Å². The van der Waals surface area contributed by atoms with E-state index in [9.17, 15) is 29.7 Å². The standard InChI is InChI=1S/C17H29NO6/c1-5-6-7-8-9-10-11-18(12(2)15(19)20,13(3)16(21)22)14(4)17(23)24/h9-10,12-14H,5-8,11H2,1-4H3,(H2-,19,20,21,22,23,24)/p+1/b10-9+. The van der Waals surface area contributed by atoms with Gasteiger partial charge in [-0.05, 0) is 39.7 Å². The summed E-state index contributed by atoms with van der Waals surface area (Å²) in [6, 6.07) is -3.49. The first-order valence-electron chi connectivity index (χ1n) is 8.33. The first-order chi connectivity index (χ1) is 11.1. The summed E-state index contributed by atoms with van der Waals surface area (Å²) >= 11 is 0. The van der Waals surface area contributed by atoms with Gasteiger partial charge in [-0.2, -0.15) is 0 Å². The van der Waals surface area contributed by atoms with Crippen LogP contribution in [-0.4, -0.2) is 62.4 Å². The Labute approximate surface area is 143 Å². The molecule has 0 aromatic rings. The molecule has 3 atom stereocenters. The average molecular weight is 344 g/mol. The van der Waals surface area contributed by atoms with Gasteiger partial charge in [-0.3, -0.25) is 4.48 Å². The number of unbranched alkanes of at least 4 members (excludes halogenated alkanes) is 3. The van der Waals surface area contributed by atoms with Gasteiger partial charge in [0.25, 0.3) is 0 Å². The van der Waals surface area contributed by atoms with Crippen LogP contribution >= 0.6 is 0 Å². The minimum Gasteiger partial charge on any atom is -0.477 e. The van der Waals surface area contributed by atoms with Gasteiger partial charge in [0.05, 0.1) is 6.54 Å². The molecule has 7 nitrogen and oxygen atoms in total. The van der Waals surface area contributed by atoms with E-state index in [1.165, 1.54) is 20.8 Å². The summed E-state index contributed by atoms with van der Waals surface area (Å²) in [5.41, 5.74) is 0. The Morgan fingerprint density at radius 2 is 1.25 bits per heavy atom. The Morgan fingerprint density at radius 3 is 1.58 bits per heavy atom. The second-order valence-electron chi connectivity index (χ2n) is 6.19. The lowest BCUT2D eigenvalue weighted by atomic mass is 10.0. The van der Waals surface area contributed by atoms with Gasteiger partial charge >= 0.3 is 17.9 Å². The smallest absolute Gasteiger partial charge is 0.362 e. The van der Waals surface area contributed by atoms with Crippen LogP contribution in [0.1, 0.15) is 53.4 Å². The van der Waals surface area contributed by atoms with Gasteiger partial charge in [0.1, 0.15) is 0 Å². The normalized spacial score (nSPS) is 17.8. The lowest BCUT2D eigenvalue weighted by Crippen LogP contribution is -2.70. The van der Waals surface area contributed by atoms with E-state index in [0.717, 1.165) is 25.7 Å². The van der Waals surface area contributed by atoms with Gasteiger partial charge in [-0.15, -0.1) is 0 Å².